The van der Waals surface area contributed by atoms with E-state index in [9.17, 15) is 13.0 Å². The van der Waals surface area contributed by atoms with E-state index in [0.717, 1.165) is 25.8 Å². The lowest BCUT2D eigenvalue weighted by Gasteiger charge is -2.38. The van der Waals surface area contributed by atoms with Crippen LogP contribution in [0.2, 0.25) is 0 Å². The van der Waals surface area contributed by atoms with E-state index in [1.807, 2.05) is 12.1 Å². The molecule has 0 radical (unpaired) electrons. The lowest BCUT2D eigenvalue weighted by Crippen LogP contribution is -2.48. The first-order valence-corrected chi connectivity index (χ1v) is 15.4. The van der Waals surface area contributed by atoms with Gasteiger partial charge >= 0.3 is 0 Å². The van der Waals surface area contributed by atoms with Crippen molar-refractivity contribution in [3.8, 4) is 0 Å². The maximum absolute atomic E-state index is 12.1. The van der Waals surface area contributed by atoms with Crippen molar-refractivity contribution >= 4 is 21.9 Å². The quantitative estimate of drug-likeness (QED) is 0.417. The van der Waals surface area contributed by atoms with Crippen molar-refractivity contribution in [3.05, 3.63) is 92.0 Å². The standard InChI is InChI=1S/C32H34N2O3S/c1-32(2)27-19-28-21(9-5-15-34(28)20-23-8-3-4-12-29(23)38(35,36)37)16-24(27)18-25-17-22-10-6-13-33-14-7-11-26(30(25)32)31(22)33/h3-4,8,12,16-19H,5-7,9-11,13-15,20H2,1-2H3/p+1. The third-order valence-electron chi connectivity index (χ3n) is 9.24. The molecule has 0 aromatic heterocycles. The van der Waals surface area contributed by atoms with Crippen LogP contribution in [0.15, 0.2) is 47.4 Å². The van der Waals surface area contributed by atoms with E-state index in [0.29, 0.717) is 12.1 Å². The van der Waals surface area contributed by atoms with Gasteiger partial charge in [0.25, 0.3) is 10.1 Å². The SMILES string of the molecule is CC1(C)c2cc3c(cc2C=c2cc4c5c(c21)CCC[N+]=5CCC4)CCCN3Cc1ccccc1S(=O)(=O)O. The van der Waals surface area contributed by atoms with E-state index in [1.54, 1.807) is 11.6 Å². The van der Waals surface area contributed by atoms with Gasteiger partial charge in [0.2, 0.25) is 5.36 Å². The van der Waals surface area contributed by atoms with Crippen LogP contribution in [0.5, 0.6) is 0 Å². The van der Waals surface area contributed by atoms with Crippen LogP contribution in [-0.4, -0.2) is 32.6 Å². The normalized spacial score (nSPS) is 19.1. The average Bonchev–Trinajstić information content (AvgIpc) is 2.88. The molecule has 3 aromatic rings. The van der Waals surface area contributed by atoms with Gasteiger partial charge < -0.3 is 4.90 Å². The van der Waals surface area contributed by atoms with Gasteiger partial charge in [-0.2, -0.15) is 8.42 Å². The molecule has 0 amide bonds. The topological polar surface area (TPSA) is 60.6 Å². The number of hydrogen-bond acceptors (Lipinski definition) is 3. The first-order valence-electron chi connectivity index (χ1n) is 14.0. The Morgan fingerprint density at radius 1 is 0.974 bits per heavy atom. The lowest BCUT2D eigenvalue weighted by atomic mass is 9.68. The molecule has 3 aliphatic heterocycles. The van der Waals surface area contributed by atoms with Crippen molar-refractivity contribution in [2.45, 2.75) is 69.2 Å². The summed E-state index contributed by atoms with van der Waals surface area (Å²) >= 11 is 0. The fraction of sp³-hybridized carbons (Fsp3) is 0.406. The largest absolute Gasteiger partial charge is 0.367 e. The summed E-state index contributed by atoms with van der Waals surface area (Å²) in [5.41, 5.74) is 10.3. The molecule has 0 bridgehead atoms. The average molecular weight is 528 g/mol. The molecular weight excluding hydrogens is 492 g/mol. The highest BCUT2D eigenvalue weighted by Crippen LogP contribution is 2.42. The van der Waals surface area contributed by atoms with Gasteiger partial charge in [-0.3, -0.25) is 4.55 Å². The van der Waals surface area contributed by atoms with E-state index in [-0.39, 0.29) is 10.3 Å². The fourth-order valence-electron chi connectivity index (χ4n) is 7.68. The minimum atomic E-state index is -4.28. The number of benzene rings is 3. The molecule has 0 atom stereocenters. The molecule has 196 valence electrons. The van der Waals surface area contributed by atoms with Gasteiger partial charge in [0.05, 0.1) is 4.90 Å². The zero-order valence-corrected chi connectivity index (χ0v) is 23.1. The van der Waals surface area contributed by atoms with E-state index >= 15 is 0 Å². The molecule has 3 heterocycles. The summed E-state index contributed by atoms with van der Waals surface area (Å²) < 4.78 is 36.6. The maximum atomic E-state index is 12.1. The summed E-state index contributed by atoms with van der Waals surface area (Å²) in [5.74, 6) is 0. The molecule has 38 heavy (non-hydrogen) atoms. The van der Waals surface area contributed by atoms with E-state index in [4.69, 9.17) is 0 Å². The lowest BCUT2D eigenvalue weighted by molar-refractivity contribution is 0.472. The van der Waals surface area contributed by atoms with Gasteiger partial charge in [0, 0.05) is 48.2 Å². The molecule has 7 rings (SSSR count). The van der Waals surface area contributed by atoms with Crippen LogP contribution in [0.1, 0.15) is 72.1 Å². The second-order valence-electron chi connectivity index (χ2n) is 12.0. The summed E-state index contributed by atoms with van der Waals surface area (Å²) in [6.45, 7) is 8.43. The molecule has 1 N–H and O–H groups in total. The highest BCUT2D eigenvalue weighted by molar-refractivity contribution is 7.85. The number of nitrogens with zero attached hydrogens (tertiary/aromatic N) is 2. The number of rotatable bonds is 3. The number of anilines is 1. The second kappa shape index (κ2) is 8.52. The molecule has 0 saturated carbocycles. The number of fused-ring (bicyclic) bond motifs is 4. The maximum Gasteiger partial charge on any atom is 0.294 e. The van der Waals surface area contributed by atoms with Crippen LogP contribution in [0.3, 0.4) is 0 Å². The number of hydrogen-bond donors (Lipinski definition) is 1. The summed E-state index contributed by atoms with van der Waals surface area (Å²) in [6, 6.07) is 14.0. The molecule has 4 aliphatic rings. The van der Waals surface area contributed by atoms with Gasteiger partial charge in [0.15, 0.2) is 0 Å². The Balaban J connectivity index is 1.38. The predicted octanol–water partition coefficient (Wildman–Crippen LogP) is 3.74. The molecular formula is C32H35N2O3S+. The van der Waals surface area contributed by atoms with Crippen molar-refractivity contribution in [3.63, 3.8) is 0 Å². The molecule has 1 aliphatic carbocycles. The summed E-state index contributed by atoms with van der Waals surface area (Å²) in [6.07, 6.45) is 9.26. The monoisotopic (exact) mass is 527 g/mol. The van der Waals surface area contributed by atoms with Gasteiger partial charge in [-0.05, 0) is 89.1 Å². The summed E-state index contributed by atoms with van der Waals surface area (Å²) in [7, 11) is -4.28. The summed E-state index contributed by atoms with van der Waals surface area (Å²) in [5, 5.41) is 2.92. The molecule has 0 spiro atoms. The van der Waals surface area contributed by atoms with Gasteiger partial charge in [-0.1, -0.05) is 32.0 Å². The minimum Gasteiger partial charge on any atom is -0.367 e. The zero-order valence-electron chi connectivity index (χ0n) is 22.3. The first kappa shape index (κ1) is 24.1. The van der Waals surface area contributed by atoms with E-state index in [2.05, 4.69) is 47.6 Å². The van der Waals surface area contributed by atoms with Crippen molar-refractivity contribution in [2.24, 2.45) is 0 Å². The van der Waals surface area contributed by atoms with Crippen LogP contribution < -0.4 is 20.1 Å². The highest BCUT2D eigenvalue weighted by Gasteiger charge is 2.37. The zero-order chi connectivity index (χ0) is 26.2. The van der Waals surface area contributed by atoms with E-state index in [1.165, 1.54) is 82.5 Å². The first-order chi connectivity index (χ1) is 18.2. The van der Waals surface area contributed by atoms with Crippen LogP contribution in [0.4, 0.5) is 5.69 Å². The van der Waals surface area contributed by atoms with Crippen LogP contribution in [0, 0.1) is 0 Å². The number of aryl methyl sites for hydroxylation is 2. The Kier molecular flexibility index (Phi) is 5.41. The Morgan fingerprint density at radius 3 is 2.55 bits per heavy atom. The van der Waals surface area contributed by atoms with Crippen molar-refractivity contribution < 1.29 is 13.0 Å². The summed E-state index contributed by atoms with van der Waals surface area (Å²) in [4.78, 5) is 2.30. The molecule has 0 unspecified atom stereocenters. The Labute approximate surface area is 224 Å². The van der Waals surface area contributed by atoms with E-state index < -0.39 is 10.1 Å². The van der Waals surface area contributed by atoms with Gasteiger partial charge in [0.1, 0.15) is 13.1 Å². The highest BCUT2D eigenvalue weighted by atomic mass is 32.2. The van der Waals surface area contributed by atoms with Crippen LogP contribution in [-0.2, 0) is 41.3 Å². The molecule has 3 aromatic carbocycles. The van der Waals surface area contributed by atoms with Gasteiger partial charge in [-0.15, -0.1) is 0 Å². The van der Waals surface area contributed by atoms with Crippen LogP contribution >= 0.6 is 0 Å². The Hall–Kier alpha value is -2.96. The Bertz CT molecular complexity index is 1730. The third kappa shape index (κ3) is 3.68. The third-order valence-corrected chi connectivity index (χ3v) is 10.2. The van der Waals surface area contributed by atoms with Crippen molar-refractivity contribution in [2.75, 3.05) is 24.5 Å². The molecule has 0 saturated heterocycles. The van der Waals surface area contributed by atoms with Crippen LogP contribution in [0.25, 0.3) is 6.08 Å². The predicted molar refractivity (Wildman–Crippen MR) is 151 cm³/mol. The fourth-order valence-corrected chi connectivity index (χ4v) is 8.40. The molecule has 0 fully saturated rings. The smallest absolute Gasteiger partial charge is 0.294 e. The Morgan fingerprint density at radius 2 is 1.74 bits per heavy atom. The van der Waals surface area contributed by atoms with Crippen molar-refractivity contribution in [1.29, 1.82) is 0 Å². The molecule has 6 heteroatoms. The van der Waals surface area contributed by atoms with Gasteiger partial charge in [-0.25, -0.2) is 4.58 Å². The minimum absolute atomic E-state index is 0.00102. The second-order valence-corrected chi connectivity index (χ2v) is 13.4. The molecule has 5 nitrogen and oxygen atoms in total. The van der Waals surface area contributed by atoms with Crippen molar-refractivity contribution in [1.82, 2.24) is 4.58 Å².